The van der Waals surface area contributed by atoms with Crippen LogP contribution in [0.3, 0.4) is 0 Å². The van der Waals surface area contributed by atoms with Gasteiger partial charge < -0.3 is 29.4 Å². The van der Waals surface area contributed by atoms with Gasteiger partial charge in [0.25, 0.3) is 0 Å². The second-order valence-corrected chi connectivity index (χ2v) is 5.83. The molecule has 6 nitrogen and oxygen atoms in total. The summed E-state index contributed by atoms with van der Waals surface area (Å²) in [6, 6.07) is 15.0. The topological polar surface area (TPSA) is 82.1 Å². The second-order valence-electron chi connectivity index (χ2n) is 5.83. The lowest BCUT2D eigenvalue weighted by Gasteiger charge is -2.31. The van der Waals surface area contributed by atoms with Crippen LogP contribution in [-0.2, 0) is 11.2 Å². The predicted molar refractivity (Wildman–Crippen MR) is 90.8 cm³/mol. The molecule has 25 heavy (non-hydrogen) atoms. The maximum atomic E-state index is 10.6. The zero-order valence-corrected chi connectivity index (χ0v) is 13.8. The highest BCUT2D eigenvalue weighted by atomic mass is 16.5. The summed E-state index contributed by atoms with van der Waals surface area (Å²) in [4.78, 5) is 12.8. The van der Waals surface area contributed by atoms with Crippen LogP contribution < -0.4 is 19.5 Å². The normalized spacial score (nSPS) is 14.4. The molecule has 2 aromatic rings. The molecule has 1 aliphatic heterocycles. The summed E-state index contributed by atoms with van der Waals surface area (Å²) in [6.07, 6.45) is -1.47. The number of fused-ring (bicyclic) bond motifs is 1. The minimum atomic E-state index is -1.49. The number of ether oxygens (including phenoxy) is 2. The van der Waals surface area contributed by atoms with Crippen molar-refractivity contribution in [3.63, 3.8) is 0 Å². The minimum Gasteiger partial charge on any atom is -0.547 e. The summed E-state index contributed by atoms with van der Waals surface area (Å²) in [7, 11) is 0. The Bertz CT molecular complexity index is 716. The fraction of sp³-hybridized carbons (Fsp3) is 0.316. The number of hydrogen-bond acceptors (Lipinski definition) is 6. The Morgan fingerprint density at radius 2 is 2.00 bits per heavy atom. The van der Waals surface area contributed by atoms with Crippen molar-refractivity contribution in [1.82, 2.24) is 0 Å². The maximum absolute atomic E-state index is 10.6. The summed E-state index contributed by atoms with van der Waals surface area (Å²) in [6.45, 7) is 2.74. The van der Waals surface area contributed by atoms with Gasteiger partial charge in [0.15, 0.2) is 0 Å². The number of aliphatic carboxylic acids is 1. The summed E-state index contributed by atoms with van der Waals surface area (Å²) < 4.78 is 11.4. The van der Waals surface area contributed by atoms with Gasteiger partial charge in [-0.3, -0.25) is 0 Å². The fourth-order valence-corrected chi connectivity index (χ4v) is 2.76. The monoisotopic (exact) mass is 342 g/mol. The van der Waals surface area contributed by atoms with Crippen molar-refractivity contribution < 1.29 is 24.5 Å². The van der Waals surface area contributed by atoms with E-state index in [0.717, 1.165) is 24.5 Å². The van der Waals surface area contributed by atoms with E-state index in [0.29, 0.717) is 24.5 Å². The SMILES string of the molecule is O=C([O-])C(O)Cc1ccc(OCCN2CCOc3ccccc32)cc1. The number of nitrogens with zero attached hydrogens (tertiary/aromatic N) is 1. The summed E-state index contributed by atoms with van der Waals surface area (Å²) in [5.41, 5.74) is 1.79. The Morgan fingerprint density at radius 3 is 2.76 bits per heavy atom. The predicted octanol–water partition coefficient (Wildman–Crippen LogP) is 0.618. The Labute approximate surface area is 146 Å². The molecule has 0 radical (unpaired) electrons. The molecular weight excluding hydrogens is 322 g/mol. The maximum Gasteiger partial charge on any atom is 0.142 e. The lowest BCUT2D eigenvalue weighted by Crippen LogP contribution is -2.36. The summed E-state index contributed by atoms with van der Waals surface area (Å²) >= 11 is 0. The molecule has 0 aromatic heterocycles. The van der Waals surface area contributed by atoms with Gasteiger partial charge in [0, 0.05) is 6.42 Å². The molecule has 2 aromatic carbocycles. The molecule has 0 aliphatic carbocycles. The molecule has 1 heterocycles. The molecule has 1 atom stereocenters. The Kier molecular flexibility index (Phi) is 5.40. The van der Waals surface area contributed by atoms with Gasteiger partial charge in [0.2, 0.25) is 0 Å². The van der Waals surface area contributed by atoms with Gasteiger partial charge in [-0.15, -0.1) is 0 Å². The van der Waals surface area contributed by atoms with Crippen molar-refractivity contribution in [2.75, 3.05) is 31.2 Å². The van der Waals surface area contributed by atoms with Gasteiger partial charge in [-0.05, 0) is 29.8 Å². The molecule has 1 N–H and O–H groups in total. The van der Waals surface area contributed by atoms with E-state index < -0.39 is 12.1 Å². The number of rotatable bonds is 7. The van der Waals surface area contributed by atoms with E-state index in [1.807, 2.05) is 24.3 Å². The van der Waals surface area contributed by atoms with Crippen LogP contribution in [0.2, 0.25) is 0 Å². The van der Waals surface area contributed by atoms with Crippen LogP contribution in [0.25, 0.3) is 0 Å². The summed E-state index contributed by atoms with van der Waals surface area (Å²) in [5, 5.41) is 19.9. The molecule has 1 aliphatic rings. The van der Waals surface area contributed by atoms with E-state index >= 15 is 0 Å². The zero-order chi connectivity index (χ0) is 17.6. The van der Waals surface area contributed by atoms with Gasteiger partial charge in [0.1, 0.15) is 24.7 Å². The molecule has 0 amide bonds. The van der Waals surface area contributed by atoms with Crippen LogP contribution >= 0.6 is 0 Å². The first-order valence-electron chi connectivity index (χ1n) is 8.21. The van der Waals surface area contributed by atoms with Crippen LogP contribution in [0, 0.1) is 0 Å². The number of carbonyl (C=O) groups excluding carboxylic acids is 1. The van der Waals surface area contributed by atoms with E-state index in [1.165, 1.54) is 0 Å². The molecule has 3 rings (SSSR count). The number of carboxylic acid groups (broad SMARTS) is 1. The lowest BCUT2D eigenvalue weighted by molar-refractivity contribution is -0.314. The number of para-hydroxylation sites is 2. The first kappa shape index (κ1) is 17.1. The van der Waals surface area contributed by atoms with E-state index in [2.05, 4.69) is 4.90 Å². The van der Waals surface area contributed by atoms with Crippen LogP contribution in [0.1, 0.15) is 5.56 Å². The largest absolute Gasteiger partial charge is 0.547 e. The number of carbonyl (C=O) groups is 1. The van der Waals surface area contributed by atoms with Crippen molar-refractivity contribution in [3.8, 4) is 11.5 Å². The van der Waals surface area contributed by atoms with Crippen LogP contribution in [0.15, 0.2) is 48.5 Å². The first-order valence-corrected chi connectivity index (χ1v) is 8.21. The molecule has 0 saturated heterocycles. The van der Waals surface area contributed by atoms with E-state index in [4.69, 9.17) is 9.47 Å². The zero-order valence-electron chi connectivity index (χ0n) is 13.8. The van der Waals surface area contributed by atoms with Gasteiger partial charge >= 0.3 is 0 Å². The molecule has 0 saturated carbocycles. The van der Waals surface area contributed by atoms with Gasteiger partial charge in [-0.25, -0.2) is 0 Å². The van der Waals surface area contributed by atoms with E-state index in [9.17, 15) is 15.0 Å². The molecule has 0 bridgehead atoms. The minimum absolute atomic E-state index is 0.0210. The smallest absolute Gasteiger partial charge is 0.142 e. The number of carboxylic acids is 1. The van der Waals surface area contributed by atoms with Crippen LogP contribution in [0.4, 0.5) is 5.69 Å². The molecule has 0 fully saturated rings. The van der Waals surface area contributed by atoms with E-state index in [-0.39, 0.29) is 6.42 Å². The van der Waals surface area contributed by atoms with Gasteiger partial charge in [0.05, 0.1) is 30.9 Å². The average molecular weight is 342 g/mol. The second kappa shape index (κ2) is 7.90. The van der Waals surface area contributed by atoms with Crippen LogP contribution in [0.5, 0.6) is 11.5 Å². The van der Waals surface area contributed by atoms with Crippen molar-refractivity contribution >= 4 is 11.7 Å². The highest BCUT2D eigenvalue weighted by Gasteiger charge is 2.16. The molecule has 1 unspecified atom stereocenters. The average Bonchev–Trinajstić information content (AvgIpc) is 2.63. The number of aliphatic hydroxyl groups is 1. The standard InChI is InChI=1S/C19H21NO5/c21-17(19(22)23)13-14-5-7-15(8-6-14)24-11-9-20-10-12-25-18-4-2-1-3-16(18)20/h1-8,17,21H,9-13H2,(H,22,23)/p-1. The third-order valence-corrected chi connectivity index (χ3v) is 4.08. The van der Waals surface area contributed by atoms with Crippen molar-refractivity contribution in [1.29, 1.82) is 0 Å². The fourth-order valence-electron chi connectivity index (χ4n) is 2.76. The number of anilines is 1. The number of benzene rings is 2. The first-order chi connectivity index (χ1) is 12.1. The van der Waals surface area contributed by atoms with E-state index in [1.54, 1.807) is 24.3 Å². The van der Waals surface area contributed by atoms with Crippen molar-refractivity contribution in [2.24, 2.45) is 0 Å². The quantitative estimate of drug-likeness (QED) is 0.794. The Balaban J connectivity index is 1.50. The highest BCUT2D eigenvalue weighted by Crippen LogP contribution is 2.30. The Morgan fingerprint density at radius 1 is 1.24 bits per heavy atom. The summed E-state index contributed by atoms with van der Waals surface area (Å²) in [5.74, 6) is 0.129. The third-order valence-electron chi connectivity index (χ3n) is 4.08. The number of aliphatic hydroxyl groups excluding tert-OH is 1. The molecular formula is C19H20NO5-. The lowest BCUT2D eigenvalue weighted by atomic mass is 10.1. The third kappa shape index (κ3) is 4.42. The number of hydrogen-bond donors (Lipinski definition) is 1. The van der Waals surface area contributed by atoms with Crippen molar-refractivity contribution in [3.05, 3.63) is 54.1 Å². The molecule has 0 spiro atoms. The van der Waals surface area contributed by atoms with Crippen LogP contribution in [-0.4, -0.2) is 43.5 Å². The van der Waals surface area contributed by atoms with Gasteiger partial charge in [-0.2, -0.15) is 0 Å². The molecule has 6 heteroatoms. The van der Waals surface area contributed by atoms with Gasteiger partial charge in [-0.1, -0.05) is 24.3 Å². The molecule has 132 valence electrons. The van der Waals surface area contributed by atoms with Crippen molar-refractivity contribution in [2.45, 2.75) is 12.5 Å². The highest BCUT2D eigenvalue weighted by molar-refractivity contribution is 5.70. The Hall–Kier alpha value is -2.73.